The van der Waals surface area contributed by atoms with Gasteiger partial charge < -0.3 is 5.32 Å². The molecule has 1 aliphatic carbocycles. The van der Waals surface area contributed by atoms with Crippen LogP contribution in [-0.2, 0) is 0 Å². The predicted octanol–water partition coefficient (Wildman–Crippen LogP) is 4.28. The Morgan fingerprint density at radius 1 is 1.22 bits per heavy atom. The van der Waals surface area contributed by atoms with Crippen LogP contribution in [0.2, 0.25) is 0 Å². The summed E-state index contributed by atoms with van der Waals surface area (Å²) < 4.78 is 13.7. The highest BCUT2D eigenvalue weighted by molar-refractivity contribution is 5.32. The van der Waals surface area contributed by atoms with Crippen molar-refractivity contribution in [1.29, 1.82) is 0 Å². The van der Waals surface area contributed by atoms with Gasteiger partial charge in [0, 0.05) is 6.04 Å². The van der Waals surface area contributed by atoms with Crippen molar-refractivity contribution < 1.29 is 4.39 Å². The van der Waals surface area contributed by atoms with Crippen LogP contribution in [0.3, 0.4) is 0 Å². The Kier molecular flexibility index (Phi) is 4.39. The Hall–Kier alpha value is -0.890. The van der Waals surface area contributed by atoms with Crippen molar-refractivity contribution in [2.24, 2.45) is 5.92 Å². The first-order chi connectivity index (χ1) is 8.63. The lowest BCUT2D eigenvalue weighted by Gasteiger charge is -2.25. The smallest absolute Gasteiger partial charge is 0.129 e. The van der Waals surface area contributed by atoms with Crippen molar-refractivity contribution >= 4 is 0 Å². The average Bonchev–Trinajstić information content (AvgIpc) is 2.86. The van der Waals surface area contributed by atoms with Gasteiger partial charge in [0.1, 0.15) is 5.82 Å². The molecule has 100 valence electrons. The highest BCUT2D eigenvalue weighted by Crippen LogP contribution is 2.36. The van der Waals surface area contributed by atoms with E-state index in [1.165, 1.54) is 31.2 Å². The van der Waals surface area contributed by atoms with Crippen LogP contribution in [0.25, 0.3) is 0 Å². The van der Waals surface area contributed by atoms with Gasteiger partial charge in [0.25, 0.3) is 0 Å². The second-order valence-electron chi connectivity index (χ2n) is 5.55. The fraction of sp³-hybridized carbons (Fsp3) is 0.625. The van der Waals surface area contributed by atoms with Gasteiger partial charge in [0.2, 0.25) is 0 Å². The summed E-state index contributed by atoms with van der Waals surface area (Å²) in [5.74, 6) is 0.662. The summed E-state index contributed by atoms with van der Waals surface area (Å²) in [5.41, 5.74) is 2.80. The highest BCUT2D eigenvalue weighted by atomic mass is 19.1. The third-order valence-corrected chi connectivity index (χ3v) is 4.11. The van der Waals surface area contributed by atoms with Crippen molar-refractivity contribution in [2.45, 2.75) is 52.5 Å². The van der Waals surface area contributed by atoms with E-state index in [1.807, 2.05) is 26.0 Å². The van der Waals surface area contributed by atoms with Crippen LogP contribution in [-0.4, -0.2) is 6.54 Å². The first-order valence-electron chi connectivity index (χ1n) is 7.13. The van der Waals surface area contributed by atoms with E-state index in [-0.39, 0.29) is 5.82 Å². The Balaban J connectivity index is 2.29. The molecule has 0 heterocycles. The first kappa shape index (κ1) is 13.5. The fourth-order valence-electron chi connectivity index (χ4n) is 3.23. The summed E-state index contributed by atoms with van der Waals surface area (Å²) in [4.78, 5) is 0. The Labute approximate surface area is 110 Å². The van der Waals surface area contributed by atoms with Crippen LogP contribution < -0.4 is 5.32 Å². The summed E-state index contributed by atoms with van der Waals surface area (Å²) in [6.07, 6.45) is 5.28. The molecule has 0 bridgehead atoms. The van der Waals surface area contributed by atoms with E-state index >= 15 is 0 Å². The molecule has 2 heteroatoms. The van der Waals surface area contributed by atoms with E-state index in [0.717, 1.165) is 17.7 Å². The van der Waals surface area contributed by atoms with Gasteiger partial charge in [-0.05, 0) is 55.8 Å². The molecule has 1 atom stereocenters. The molecule has 2 rings (SSSR count). The predicted molar refractivity (Wildman–Crippen MR) is 74.2 cm³/mol. The molecular formula is C16H24FN. The maximum atomic E-state index is 13.7. The number of nitrogens with one attached hydrogen (secondary N) is 1. The molecule has 18 heavy (non-hydrogen) atoms. The zero-order valence-corrected chi connectivity index (χ0v) is 11.7. The van der Waals surface area contributed by atoms with Crippen molar-refractivity contribution in [3.8, 4) is 0 Å². The fourth-order valence-corrected chi connectivity index (χ4v) is 3.23. The number of benzene rings is 1. The second-order valence-corrected chi connectivity index (χ2v) is 5.55. The van der Waals surface area contributed by atoms with Gasteiger partial charge in [-0.1, -0.05) is 31.9 Å². The third-order valence-electron chi connectivity index (χ3n) is 4.11. The third kappa shape index (κ3) is 2.74. The van der Waals surface area contributed by atoms with E-state index in [4.69, 9.17) is 0 Å². The zero-order valence-electron chi connectivity index (χ0n) is 11.7. The minimum Gasteiger partial charge on any atom is -0.310 e. The molecule has 1 aliphatic rings. The molecule has 1 aromatic carbocycles. The van der Waals surface area contributed by atoms with Crippen LogP contribution in [0.1, 0.15) is 55.3 Å². The Morgan fingerprint density at radius 2 is 1.78 bits per heavy atom. The molecule has 0 aliphatic heterocycles. The average molecular weight is 249 g/mol. The standard InChI is InChI=1S/C16H24FN/c1-4-18-16(13-7-5-6-8-13)14-9-11(2)15(17)12(3)10-14/h9-10,13,16,18H,4-8H2,1-3H3. The summed E-state index contributed by atoms with van der Waals surface area (Å²) in [6, 6.07) is 4.44. The molecule has 1 saturated carbocycles. The van der Waals surface area contributed by atoms with Gasteiger partial charge in [-0.25, -0.2) is 4.39 Å². The van der Waals surface area contributed by atoms with E-state index < -0.39 is 0 Å². The molecule has 1 nitrogen and oxygen atoms in total. The van der Waals surface area contributed by atoms with E-state index in [9.17, 15) is 4.39 Å². The van der Waals surface area contributed by atoms with Crippen molar-refractivity contribution in [2.75, 3.05) is 6.54 Å². The first-order valence-corrected chi connectivity index (χ1v) is 7.13. The maximum absolute atomic E-state index is 13.7. The summed E-state index contributed by atoms with van der Waals surface area (Å²) in [7, 11) is 0. The minimum absolute atomic E-state index is 0.0552. The van der Waals surface area contributed by atoms with Crippen LogP contribution in [0.15, 0.2) is 12.1 Å². The molecule has 0 radical (unpaired) electrons. The molecule has 1 N–H and O–H groups in total. The molecule has 0 saturated heterocycles. The highest BCUT2D eigenvalue weighted by Gasteiger charge is 2.26. The van der Waals surface area contributed by atoms with Crippen molar-refractivity contribution in [3.05, 3.63) is 34.6 Å². The van der Waals surface area contributed by atoms with Crippen molar-refractivity contribution in [3.63, 3.8) is 0 Å². The number of hydrogen-bond acceptors (Lipinski definition) is 1. The van der Waals surface area contributed by atoms with Crippen LogP contribution in [0.5, 0.6) is 0 Å². The van der Waals surface area contributed by atoms with Crippen LogP contribution in [0, 0.1) is 25.6 Å². The monoisotopic (exact) mass is 249 g/mol. The summed E-state index contributed by atoms with van der Waals surface area (Å²) >= 11 is 0. The second kappa shape index (κ2) is 5.83. The Morgan fingerprint density at radius 3 is 2.28 bits per heavy atom. The number of aryl methyl sites for hydroxylation is 2. The molecule has 0 aromatic heterocycles. The lowest BCUT2D eigenvalue weighted by molar-refractivity contribution is 0.374. The molecule has 0 spiro atoms. The summed E-state index contributed by atoms with van der Waals surface area (Å²) in [5, 5.41) is 3.59. The SMILES string of the molecule is CCNC(c1cc(C)c(F)c(C)c1)C1CCCC1. The van der Waals surface area contributed by atoms with Gasteiger partial charge in [-0.15, -0.1) is 0 Å². The van der Waals surface area contributed by atoms with Gasteiger partial charge in [0.05, 0.1) is 0 Å². The lowest BCUT2D eigenvalue weighted by Crippen LogP contribution is -2.27. The molecule has 1 unspecified atom stereocenters. The molecular weight excluding hydrogens is 225 g/mol. The van der Waals surface area contributed by atoms with Crippen molar-refractivity contribution in [1.82, 2.24) is 5.32 Å². The van der Waals surface area contributed by atoms with Gasteiger partial charge in [-0.2, -0.15) is 0 Å². The maximum Gasteiger partial charge on any atom is 0.129 e. The quantitative estimate of drug-likeness (QED) is 0.839. The van der Waals surface area contributed by atoms with E-state index in [2.05, 4.69) is 12.2 Å². The Bertz CT molecular complexity index is 385. The molecule has 0 amide bonds. The normalized spacial score (nSPS) is 18.2. The minimum atomic E-state index is -0.0552. The molecule has 1 aromatic rings. The van der Waals surface area contributed by atoms with Gasteiger partial charge >= 0.3 is 0 Å². The number of hydrogen-bond donors (Lipinski definition) is 1. The van der Waals surface area contributed by atoms with Crippen LogP contribution in [0.4, 0.5) is 4.39 Å². The van der Waals surface area contributed by atoms with E-state index in [0.29, 0.717) is 12.0 Å². The number of halogens is 1. The zero-order chi connectivity index (χ0) is 13.1. The van der Waals surface area contributed by atoms with Gasteiger partial charge in [-0.3, -0.25) is 0 Å². The van der Waals surface area contributed by atoms with Gasteiger partial charge in [0.15, 0.2) is 0 Å². The van der Waals surface area contributed by atoms with E-state index in [1.54, 1.807) is 0 Å². The van der Waals surface area contributed by atoms with Crippen LogP contribution >= 0.6 is 0 Å². The largest absolute Gasteiger partial charge is 0.310 e. The summed E-state index contributed by atoms with van der Waals surface area (Å²) in [6.45, 7) is 6.84. The topological polar surface area (TPSA) is 12.0 Å². The number of rotatable bonds is 4. The lowest BCUT2D eigenvalue weighted by atomic mass is 9.89. The molecule has 1 fully saturated rings.